The Morgan fingerprint density at radius 3 is 2.37 bits per heavy atom. The van der Waals surface area contributed by atoms with Crippen LogP contribution in [-0.4, -0.2) is 26.9 Å². The third-order valence-electron chi connectivity index (χ3n) is 2.28. The second-order valence-corrected chi connectivity index (χ2v) is 9.42. The Kier molecular flexibility index (Phi) is 6.31. The second kappa shape index (κ2) is 7.07. The Morgan fingerprint density at radius 1 is 1.26 bits per heavy atom. The number of hydrogen-bond donors (Lipinski definition) is 2. The summed E-state index contributed by atoms with van der Waals surface area (Å²) in [4.78, 5) is 21.0. The van der Waals surface area contributed by atoms with Crippen molar-refractivity contribution in [2.24, 2.45) is 0 Å². The normalized spacial score (nSPS) is 14.9. The molecule has 19 heavy (non-hydrogen) atoms. The number of benzene rings is 1. The van der Waals surface area contributed by atoms with Gasteiger partial charge in [0.2, 0.25) is 0 Å². The smallest absolute Gasteiger partial charge is 0.266 e. The lowest BCUT2D eigenvalue weighted by atomic mass is 10.2. The maximum Gasteiger partial charge on any atom is 0.266 e. The molecule has 2 N–H and O–H groups in total. The Hall–Kier alpha value is -0.0900. The van der Waals surface area contributed by atoms with Crippen LogP contribution in [0.15, 0.2) is 30.3 Å². The highest BCUT2D eigenvalue weighted by Crippen LogP contribution is 2.61. The molecule has 0 radical (unpaired) electrons. The fraction of sp³-hybridized carbons (Fsp3) is 0.364. The minimum absolute atomic E-state index is 0.0554. The Morgan fingerprint density at radius 2 is 1.84 bits per heavy atom. The molecule has 0 aliphatic carbocycles. The Labute approximate surface area is 126 Å². The van der Waals surface area contributed by atoms with Gasteiger partial charge < -0.3 is 10.2 Å². The molecule has 4 nitrogen and oxygen atoms in total. The summed E-state index contributed by atoms with van der Waals surface area (Å²) in [5, 5.41) is 2.86. The van der Waals surface area contributed by atoms with Crippen LogP contribution in [0.3, 0.4) is 0 Å². The number of carbonyl (C=O) groups excluding carboxylic acids is 1. The van der Waals surface area contributed by atoms with Crippen molar-refractivity contribution >= 4 is 48.0 Å². The predicted octanol–water partition coefficient (Wildman–Crippen LogP) is 2.94. The molecule has 0 saturated carbocycles. The molecule has 1 aromatic carbocycles. The molecule has 1 atom stereocenters. The van der Waals surface area contributed by atoms with Crippen LogP contribution in [0.4, 0.5) is 0 Å². The van der Waals surface area contributed by atoms with E-state index >= 15 is 0 Å². The third-order valence-corrected chi connectivity index (χ3v) is 6.23. The van der Waals surface area contributed by atoms with E-state index in [1.807, 2.05) is 30.3 Å². The minimum atomic E-state index is -4.14. The number of hydrogen-bond acceptors (Lipinski definition) is 3. The highest BCUT2D eigenvalue weighted by atomic mass is 35.6. The van der Waals surface area contributed by atoms with Gasteiger partial charge in [0, 0.05) is 6.54 Å². The van der Waals surface area contributed by atoms with Gasteiger partial charge in [0.25, 0.3) is 10.9 Å². The summed E-state index contributed by atoms with van der Waals surface area (Å²) in [6, 6.07) is 9.44. The summed E-state index contributed by atoms with van der Waals surface area (Å²) >= 11 is 16.0. The van der Waals surface area contributed by atoms with Crippen molar-refractivity contribution in [2.75, 3.05) is 12.7 Å². The van der Waals surface area contributed by atoms with E-state index in [4.69, 9.17) is 34.8 Å². The van der Waals surface area contributed by atoms with Crippen LogP contribution in [0.25, 0.3) is 0 Å². The number of alkyl halides is 3. The SMILES string of the molecule is O=C(CNCc1ccccc1)CP(=O)(O)C(Cl)(Cl)Cl. The molecular formula is C11H13Cl3NO3P. The number of nitrogens with one attached hydrogen (secondary N) is 1. The molecule has 0 aromatic heterocycles. The maximum absolute atomic E-state index is 11.6. The molecule has 106 valence electrons. The Bertz CT molecular complexity index is 476. The van der Waals surface area contributed by atoms with Gasteiger partial charge >= 0.3 is 0 Å². The quantitative estimate of drug-likeness (QED) is 0.615. The molecule has 0 bridgehead atoms. The summed E-state index contributed by atoms with van der Waals surface area (Å²) < 4.78 is 9.26. The molecule has 0 aliphatic rings. The van der Waals surface area contributed by atoms with Gasteiger partial charge in [-0.3, -0.25) is 9.36 Å². The van der Waals surface area contributed by atoms with E-state index < -0.39 is 22.8 Å². The van der Waals surface area contributed by atoms with E-state index in [1.165, 1.54) is 0 Å². The van der Waals surface area contributed by atoms with E-state index in [9.17, 15) is 14.3 Å². The first-order valence-electron chi connectivity index (χ1n) is 5.37. The van der Waals surface area contributed by atoms with Crippen LogP contribution in [0, 0.1) is 0 Å². The first kappa shape index (κ1) is 17.0. The zero-order valence-electron chi connectivity index (χ0n) is 9.85. The van der Waals surface area contributed by atoms with Crippen LogP contribution in [0.2, 0.25) is 0 Å². The molecule has 0 saturated heterocycles. The molecule has 1 aromatic rings. The third kappa shape index (κ3) is 5.82. The highest BCUT2D eigenvalue weighted by Gasteiger charge is 2.43. The first-order chi connectivity index (χ1) is 8.72. The summed E-state index contributed by atoms with van der Waals surface area (Å²) in [6.07, 6.45) is -0.661. The van der Waals surface area contributed by atoms with E-state index in [0.717, 1.165) is 5.56 Å². The van der Waals surface area contributed by atoms with E-state index in [0.29, 0.717) is 6.54 Å². The number of rotatable bonds is 6. The van der Waals surface area contributed by atoms with E-state index in [-0.39, 0.29) is 6.54 Å². The van der Waals surface area contributed by atoms with Crippen LogP contribution in [0.5, 0.6) is 0 Å². The summed E-state index contributed by atoms with van der Waals surface area (Å²) in [5.74, 6) is -0.479. The number of carbonyl (C=O) groups is 1. The lowest BCUT2D eigenvalue weighted by Crippen LogP contribution is -2.26. The molecule has 0 amide bonds. The fourth-order valence-corrected chi connectivity index (χ4v) is 2.63. The highest BCUT2D eigenvalue weighted by molar-refractivity contribution is 7.67. The minimum Gasteiger partial charge on any atom is -0.341 e. The molecule has 1 unspecified atom stereocenters. The van der Waals surface area contributed by atoms with Crippen LogP contribution in [0.1, 0.15) is 5.56 Å². The van der Waals surface area contributed by atoms with Crippen molar-refractivity contribution in [1.82, 2.24) is 5.32 Å². The molecule has 0 aliphatic heterocycles. The summed E-state index contributed by atoms with van der Waals surface area (Å²) in [6.45, 7) is 0.427. The van der Waals surface area contributed by atoms with Crippen molar-refractivity contribution in [3.05, 3.63) is 35.9 Å². The fourth-order valence-electron chi connectivity index (χ4n) is 1.33. The lowest BCUT2D eigenvalue weighted by Gasteiger charge is -2.18. The second-order valence-electron chi connectivity index (χ2n) is 3.96. The average molecular weight is 345 g/mol. The van der Waals surface area contributed by atoms with Gasteiger partial charge in [-0.15, -0.1) is 0 Å². The molecule has 0 heterocycles. The van der Waals surface area contributed by atoms with Gasteiger partial charge in [0.15, 0.2) is 5.78 Å². The summed E-state index contributed by atoms with van der Waals surface area (Å²) in [5.41, 5.74) is 1.00. The Balaban J connectivity index is 2.39. The monoisotopic (exact) mass is 343 g/mol. The summed E-state index contributed by atoms with van der Waals surface area (Å²) in [7, 11) is -4.14. The predicted molar refractivity (Wildman–Crippen MR) is 78.1 cm³/mol. The lowest BCUT2D eigenvalue weighted by molar-refractivity contribution is -0.116. The topological polar surface area (TPSA) is 66.4 Å². The number of halogens is 3. The molecule has 0 fully saturated rings. The van der Waals surface area contributed by atoms with Crippen molar-refractivity contribution in [3.8, 4) is 0 Å². The zero-order chi connectivity index (χ0) is 14.5. The van der Waals surface area contributed by atoms with Gasteiger partial charge in [0.05, 0.1) is 12.7 Å². The van der Waals surface area contributed by atoms with Gasteiger partial charge in [-0.2, -0.15) is 0 Å². The molecule has 8 heteroatoms. The maximum atomic E-state index is 11.6. The van der Waals surface area contributed by atoms with Gasteiger partial charge in [-0.1, -0.05) is 65.1 Å². The largest absolute Gasteiger partial charge is 0.341 e. The first-order valence-corrected chi connectivity index (χ1v) is 8.35. The number of Topliss-reactive ketones (excluding diaryl/α,β-unsaturated/α-hetero) is 1. The van der Waals surface area contributed by atoms with Crippen LogP contribution >= 0.6 is 42.2 Å². The number of ketones is 1. The van der Waals surface area contributed by atoms with Crippen molar-refractivity contribution in [2.45, 2.75) is 10.1 Å². The van der Waals surface area contributed by atoms with Crippen LogP contribution in [-0.2, 0) is 15.9 Å². The van der Waals surface area contributed by atoms with Gasteiger partial charge in [-0.05, 0) is 5.56 Å². The molecular weight excluding hydrogens is 331 g/mol. The average Bonchev–Trinajstić information content (AvgIpc) is 2.28. The zero-order valence-corrected chi connectivity index (χ0v) is 13.0. The van der Waals surface area contributed by atoms with Crippen molar-refractivity contribution in [3.63, 3.8) is 0 Å². The van der Waals surface area contributed by atoms with Gasteiger partial charge in [-0.25, -0.2) is 0 Å². The molecule has 1 rings (SSSR count). The van der Waals surface area contributed by atoms with E-state index in [1.54, 1.807) is 0 Å². The molecule has 0 spiro atoms. The van der Waals surface area contributed by atoms with Crippen LogP contribution < -0.4 is 5.32 Å². The van der Waals surface area contributed by atoms with Crippen molar-refractivity contribution < 1.29 is 14.3 Å². The van der Waals surface area contributed by atoms with Gasteiger partial charge in [0.1, 0.15) is 0 Å². The van der Waals surface area contributed by atoms with E-state index in [2.05, 4.69) is 5.32 Å². The standard InChI is InChI=1S/C11H13Cl3NO3P/c12-11(13,14)19(17,18)8-10(16)7-15-6-9-4-2-1-3-5-9/h1-5,15H,6-8H2,(H,17,18). The van der Waals surface area contributed by atoms with Crippen molar-refractivity contribution in [1.29, 1.82) is 0 Å².